The van der Waals surface area contributed by atoms with Gasteiger partial charge in [-0.25, -0.2) is 9.59 Å². The summed E-state index contributed by atoms with van der Waals surface area (Å²) in [4.78, 5) is 115. The summed E-state index contributed by atoms with van der Waals surface area (Å²) in [5.74, 6) is 17.9. The van der Waals surface area contributed by atoms with Crippen LogP contribution >= 0.6 is 0 Å². The largest absolute Gasteiger partial charge is 0.396 e. The molecule has 19 nitrogen and oxygen atoms in total. The van der Waals surface area contributed by atoms with Gasteiger partial charge in [0.25, 0.3) is 5.91 Å². The second-order valence-electron chi connectivity index (χ2n) is 26.7. The number of aliphatic hydroxyl groups excluding tert-OH is 2. The second-order valence-corrected chi connectivity index (χ2v) is 26.7. The highest BCUT2D eigenvalue weighted by atomic mass is 16.3. The highest BCUT2D eigenvalue weighted by molar-refractivity contribution is 6.09. The fraction of sp³-hybridized carbons (Fsp3) is 0.362. The van der Waals surface area contributed by atoms with Gasteiger partial charge in [0.1, 0.15) is 5.54 Å². The molecule has 6 saturated heterocycles. The Labute approximate surface area is 578 Å². The molecular formula is C80H84N8O11. The SMILES string of the molecule is CC(O)CC1(CC(=O)N2CCC(c3ccc(C#Cc4ccccc4)cc3)CC2)CC(=O)NC1=O.CC1(CNC(=O)N2CCC(c3ccc(C#Cc4ccccc4)cc3)CC2)NC(=O)NC1=O.O=C1CC(CCO)(CC(=O)N2CCC(c3ccc(C#Cc4ccccc4)cc3)CC2)C(=O)N1. The first-order valence-corrected chi connectivity index (χ1v) is 34.0. The van der Waals surface area contributed by atoms with E-state index >= 15 is 0 Å². The van der Waals surface area contributed by atoms with Crippen LogP contribution in [0.5, 0.6) is 0 Å². The lowest BCUT2D eigenvalue weighted by molar-refractivity contribution is -0.141. The third kappa shape index (κ3) is 19.1. The molecule has 4 atom stereocenters. The predicted molar refractivity (Wildman–Crippen MR) is 373 cm³/mol. The van der Waals surface area contributed by atoms with Crippen LogP contribution in [0.25, 0.3) is 0 Å². The zero-order chi connectivity index (χ0) is 69.9. The zero-order valence-corrected chi connectivity index (χ0v) is 56.0. The van der Waals surface area contributed by atoms with Gasteiger partial charge in [0, 0.05) is 105 Å². The van der Waals surface area contributed by atoms with E-state index < -0.39 is 46.2 Å². The first kappa shape index (κ1) is 71.1. The number of rotatable bonds is 13. The number of nitrogens with zero attached hydrogens (tertiary/aromatic N) is 3. The Bertz CT molecular complexity index is 4090. The van der Waals surface area contributed by atoms with Crippen LogP contribution in [0.1, 0.15) is 159 Å². The Hall–Kier alpha value is -10.7. The van der Waals surface area contributed by atoms with Gasteiger partial charge >= 0.3 is 12.1 Å². The standard InChI is InChI=1S/C28H30N2O4.C27H28N2O4.C25H26N4O3/c1-20(31)17-28(18-25(32)29-27(28)34)19-26(33)30-15-13-24(14-16-30)23-11-9-22(10-12-23)8-7-21-5-3-2-4-6-21;30-17-14-27(18-24(31)28-26(27)33)19-25(32)29-15-12-23(13-16-29)22-10-8-21(9-11-22)7-6-20-4-2-1-3-5-20;1-25(22(30)27-23(31)28-25)17-26-24(32)29-15-13-21(14-16-29)20-11-9-19(10-12-20)8-7-18-5-3-2-4-6-18/h2-6,9-12,20,24,31H,13-19H2,1H3,(H,29,32,34);1-5,8-11,23,30H,12-19H2,(H,28,31,33);2-6,9-12,21H,13-17H2,1H3,(H,26,32)(H2,27,28,30,31). The van der Waals surface area contributed by atoms with E-state index in [1.165, 1.54) is 16.7 Å². The van der Waals surface area contributed by atoms with Crippen molar-refractivity contribution in [2.24, 2.45) is 10.8 Å². The molecule has 6 aromatic rings. The summed E-state index contributed by atoms with van der Waals surface area (Å²) >= 11 is 0. The molecule has 0 saturated carbocycles. The van der Waals surface area contributed by atoms with Gasteiger partial charge in [-0.15, -0.1) is 0 Å². The van der Waals surface area contributed by atoms with Crippen LogP contribution in [-0.4, -0.2) is 142 Å². The summed E-state index contributed by atoms with van der Waals surface area (Å²) in [6.45, 7) is 6.71. The summed E-state index contributed by atoms with van der Waals surface area (Å²) in [5, 5.41) is 31.3. The number of piperidine rings is 3. The maximum atomic E-state index is 13.0. The van der Waals surface area contributed by atoms with Crippen molar-refractivity contribution in [3.05, 3.63) is 214 Å². The highest BCUT2D eigenvalue weighted by Crippen LogP contribution is 2.40. The van der Waals surface area contributed by atoms with Gasteiger partial charge < -0.3 is 35.5 Å². The monoisotopic (exact) mass is 1330 g/mol. The third-order valence-electron chi connectivity index (χ3n) is 19.4. The van der Waals surface area contributed by atoms with E-state index in [1.807, 2.05) is 127 Å². The number of urea groups is 2. The van der Waals surface area contributed by atoms with E-state index in [1.54, 1.807) is 28.5 Å². The molecule has 0 spiro atoms. The summed E-state index contributed by atoms with van der Waals surface area (Å²) in [7, 11) is 0. The Morgan fingerprint density at radius 2 is 0.808 bits per heavy atom. The smallest absolute Gasteiger partial charge is 0.322 e. The predicted octanol–water partition coefficient (Wildman–Crippen LogP) is 8.16. The van der Waals surface area contributed by atoms with E-state index in [-0.39, 0.29) is 81.3 Å². The molecule has 0 radical (unpaired) electrons. The lowest BCUT2D eigenvalue weighted by Gasteiger charge is -2.35. The van der Waals surface area contributed by atoms with Crippen molar-refractivity contribution in [3.63, 3.8) is 0 Å². The number of imide groups is 3. The number of nitrogens with one attached hydrogen (secondary N) is 5. The zero-order valence-electron chi connectivity index (χ0n) is 56.0. The lowest BCUT2D eigenvalue weighted by Crippen LogP contribution is -2.55. The second kappa shape index (κ2) is 33.1. The van der Waals surface area contributed by atoms with Crippen molar-refractivity contribution in [2.75, 3.05) is 52.4 Å². The van der Waals surface area contributed by atoms with Crippen molar-refractivity contribution < 1.29 is 53.4 Å². The van der Waals surface area contributed by atoms with Crippen LogP contribution in [0, 0.1) is 46.4 Å². The number of likely N-dealkylation sites (tertiary alicyclic amines) is 3. The number of hydrogen-bond donors (Lipinski definition) is 7. The minimum atomic E-state index is -1.14. The fourth-order valence-electron chi connectivity index (χ4n) is 13.7. The molecule has 6 aromatic carbocycles. The lowest BCUT2D eigenvalue weighted by atomic mass is 9.77. The summed E-state index contributed by atoms with van der Waals surface area (Å²) in [6, 6.07) is 53.9. The van der Waals surface area contributed by atoms with Crippen molar-refractivity contribution >= 4 is 53.4 Å². The van der Waals surface area contributed by atoms with Gasteiger partial charge in [-0.05, 0) is 172 Å². The number of aliphatic hydroxyl groups is 2. The molecule has 510 valence electrons. The van der Waals surface area contributed by atoms with Crippen LogP contribution < -0.4 is 26.6 Å². The first-order chi connectivity index (χ1) is 47.8. The van der Waals surface area contributed by atoms with Crippen molar-refractivity contribution in [3.8, 4) is 35.5 Å². The number of benzene rings is 6. The molecule has 0 aromatic heterocycles. The average Bonchev–Trinajstić information content (AvgIpc) is 1.61. The van der Waals surface area contributed by atoms with Crippen LogP contribution in [0.2, 0.25) is 0 Å². The van der Waals surface area contributed by atoms with Crippen LogP contribution in [0.3, 0.4) is 0 Å². The molecule has 11 amide bonds. The molecule has 6 aliphatic heterocycles. The molecule has 0 aliphatic carbocycles. The molecule has 6 aliphatic rings. The molecule has 6 fully saturated rings. The molecule has 7 N–H and O–H groups in total. The molecule has 0 bridgehead atoms. The maximum Gasteiger partial charge on any atom is 0.322 e. The highest BCUT2D eigenvalue weighted by Gasteiger charge is 2.50. The molecule has 99 heavy (non-hydrogen) atoms. The van der Waals surface area contributed by atoms with Gasteiger partial charge in [-0.3, -0.25) is 49.5 Å². The number of carbonyl (C=O) groups excluding carboxylic acids is 9. The third-order valence-corrected chi connectivity index (χ3v) is 19.4. The van der Waals surface area contributed by atoms with Crippen molar-refractivity contribution in [2.45, 2.75) is 120 Å². The number of hydrogen-bond acceptors (Lipinski definition) is 11. The van der Waals surface area contributed by atoms with Gasteiger partial charge in [-0.1, -0.05) is 127 Å². The van der Waals surface area contributed by atoms with Gasteiger partial charge in [0.15, 0.2) is 0 Å². The minimum Gasteiger partial charge on any atom is -0.396 e. The molecule has 6 heterocycles. The van der Waals surface area contributed by atoms with Gasteiger partial charge in [0.2, 0.25) is 35.4 Å². The van der Waals surface area contributed by atoms with E-state index in [4.69, 9.17) is 0 Å². The van der Waals surface area contributed by atoms with Crippen molar-refractivity contribution in [1.29, 1.82) is 0 Å². The summed E-state index contributed by atoms with van der Waals surface area (Å²) in [5.41, 5.74) is 6.24. The van der Waals surface area contributed by atoms with E-state index in [0.29, 0.717) is 57.0 Å². The molecular weight excluding hydrogens is 1250 g/mol. The quantitative estimate of drug-likeness (QED) is 0.0330. The Balaban J connectivity index is 0.000000161. The van der Waals surface area contributed by atoms with Crippen molar-refractivity contribution in [1.82, 2.24) is 41.3 Å². The first-order valence-electron chi connectivity index (χ1n) is 34.0. The normalized spacial score (nSPS) is 21.0. The Kier molecular flexibility index (Phi) is 23.8. The number of amides is 11. The van der Waals surface area contributed by atoms with E-state index in [2.05, 4.69) is 98.5 Å². The average molecular weight is 1330 g/mol. The van der Waals surface area contributed by atoms with Crippen LogP contribution in [-0.2, 0) is 33.6 Å². The minimum absolute atomic E-state index is 0.0336. The molecule has 4 unspecified atom stereocenters. The molecule has 12 rings (SSSR count). The maximum absolute atomic E-state index is 13.0. The summed E-state index contributed by atoms with van der Waals surface area (Å²) in [6.07, 6.45) is 4.41. The molecule has 19 heteroatoms. The van der Waals surface area contributed by atoms with Crippen LogP contribution in [0.4, 0.5) is 9.59 Å². The van der Waals surface area contributed by atoms with Gasteiger partial charge in [-0.2, -0.15) is 0 Å². The van der Waals surface area contributed by atoms with E-state index in [9.17, 15) is 53.4 Å². The fourth-order valence-corrected chi connectivity index (χ4v) is 13.7. The summed E-state index contributed by atoms with van der Waals surface area (Å²) < 4.78 is 0. The Morgan fingerprint density at radius 3 is 1.12 bits per heavy atom. The van der Waals surface area contributed by atoms with E-state index in [0.717, 1.165) is 71.9 Å². The Morgan fingerprint density at radius 1 is 0.475 bits per heavy atom. The topological polar surface area (TPSA) is 264 Å². The number of carbonyl (C=O) groups is 9. The van der Waals surface area contributed by atoms with Crippen LogP contribution in [0.15, 0.2) is 164 Å². The van der Waals surface area contributed by atoms with Gasteiger partial charge in [0.05, 0.1) is 23.5 Å².